The van der Waals surface area contributed by atoms with Gasteiger partial charge in [-0.3, -0.25) is 4.79 Å². The summed E-state index contributed by atoms with van der Waals surface area (Å²) >= 11 is 1.43. The van der Waals surface area contributed by atoms with Crippen LogP contribution in [0.2, 0.25) is 0 Å². The molecular formula is C24H28N4O2S. The van der Waals surface area contributed by atoms with Gasteiger partial charge >= 0.3 is 0 Å². The first kappa shape index (κ1) is 20.4. The molecule has 162 valence electrons. The Balaban J connectivity index is 1.41. The lowest BCUT2D eigenvalue weighted by Crippen LogP contribution is -2.38. The van der Waals surface area contributed by atoms with Crippen molar-refractivity contribution in [2.24, 2.45) is 0 Å². The number of amides is 1. The van der Waals surface area contributed by atoms with Crippen LogP contribution >= 0.6 is 11.3 Å². The lowest BCUT2D eigenvalue weighted by atomic mass is 9.87. The van der Waals surface area contributed by atoms with Gasteiger partial charge in [0.1, 0.15) is 17.0 Å². The quantitative estimate of drug-likeness (QED) is 0.560. The minimum Gasteiger partial charge on any atom is -0.393 e. The Kier molecular flexibility index (Phi) is 5.63. The molecule has 7 heteroatoms. The number of nitrogens with zero attached hydrogens (tertiary/aromatic N) is 2. The molecule has 1 atom stereocenters. The third-order valence-corrected chi connectivity index (χ3v) is 7.84. The van der Waals surface area contributed by atoms with Gasteiger partial charge in [-0.25, -0.2) is 9.97 Å². The minimum atomic E-state index is -0.229. The second-order valence-electron chi connectivity index (χ2n) is 8.73. The van der Waals surface area contributed by atoms with Gasteiger partial charge in [0.15, 0.2) is 0 Å². The zero-order valence-corrected chi connectivity index (χ0v) is 18.5. The molecule has 3 aromatic rings. The number of anilines is 1. The van der Waals surface area contributed by atoms with E-state index < -0.39 is 0 Å². The van der Waals surface area contributed by atoms with E-state index in [0.717, 1.165) is 66.5 Å². The van der Waals surface area contributed by atoms with E-state index in [1.807, 2.05) is 6.92 Å². The van der Waals surface area contributed by atoms with E-state index in [2.05, 4.69) is 44.9 Å². The Morgan fingerprint density at radius 2 is 1.94 bits per heavy atom. The minimum absolute atomic E-state index is 0.0455. The molecule has 5 rings (SSSR count). The van der Waals surface area contributed by atoms with Crippen molar-refractivity contribution in [3.05, 3.63) is 52.2 Å². The summed E-state index contributed by atoms with van der Waals surface area (Å²) in [7, 11) is 0. The Morgan fingerprint density at radius 1 is 1.13 bits per heavy atom. The van der Waals surface area contributed by atoms with Gasteiger partial charge in [-0.15, -0.1) is 11.3 Å². The number of fused-ring (bicyclic) bond motifs is 2. The van der Waals surface area contributed by atoms with Crippen LogP contribution in [-0.4, -0.2) is 33.1 Å². The highest BCUT2D eigenvalue weighted by Crippen LogP contribution is 2.37. The zero-order valence-electron chi connectivity index (χ0n) is 17.7. The average Bonchev–Trinajstić information content (AvgIpc) is 3.13. The van der Waals surface area contributed by atoms with Crippen molar-refractivity contribution in [1.29, 1.82) is 0 Å². The molecule has 0 saturated heterocycles. The van der Waals surface area contributed by atoms with E-state index >= 15 is 0 Å². The summed E-state index contributed by atoms with van der Waals surface area (Å²) in [5.41, 5.74) is 3.67. The van der Waals surface area contributed by atoms with Crippen LogP contribution in [0.3, 0.4) is 0 Å². The Labute approximate surface area is 186 Å². The maximum Gasteiger partial charge on any atom is 0.261 e. The monoisotopic (exact) mass is 436 g/mol. The zero-order chi connectivity index (χ0) is 21.4. The van der Waals surface area contributed by atoms with Crippen LogP contribution in [0.15, 0.2) is 30.6 Å². The van der Waals surface area contributed by atoms with Crippen molar-refractivity contribution in [1.82, 2.24) is 15.3 Å². The van der Waals surface area contributed by atoms with Crippen molar-refractivity contribution in [3.63, 3.8) is 0 Å². The van der Waals surface area contributed by atoms with Crippen molar-refractivity contribution in [2.75, 3.05) is 5.32 Å². The Morgan fingerprint density at radius 3 is 2.77 bits per heavy atom. The first-order chi connectivity index (χ1) is 15.1. The molecule has 0 spiro atoms. The summed E-state index contributed by atoms with van der Waals surface area (Å²) in [5, 5.41) is 17.5. The summed E-state index contributed by atoms with van der Waals surface area (Å²) < 4.78 is 0. The van der Waals surface area contributed by atoms with E-state index in [1.54, 1.807) is 6.33 Å². The number of hydrogen-bond donors (Lipinski definition) is 3. The van der Waals surface area contributed by atoms with Crippen LogP contribution in [-0.2, 0) is 6.42 Å². The third-order valence-electron chi connectivity index (χ3n) is 6.65. The number of aryl methyl sites for hydroxylation is 2. The van der Waals surface area contributed by atoms with E-state index in [-0.39, 0.29) is 24.1 Å². The van der Waals surface area contributed by atoms with E-state index in [9.17, 15) is 9.90 Å². The highest BCUT2D eigenvalue weighted by molar-refractivity contribution is 7.20. The number of carbonyl (C=O) groups excluding carboxylic acids is 1. The highest BCUT2D eigenvalue weighted by Gasteiger charge is 2.26. The van der Waals surface area contributed by atoms with Gasteiger partial charge in [-0.2, -0.15) is 0 Å². The number of carbonyl (C=O) groups is 1. The van der Waals surface area contributed by atoms with Crippen LogP contribution in [0, 0.1) is 6.92 Å². The number of rotatable bonds is 4. The number of nitrogens with one attached hydrogen (secondary N) is 2. The van der Waals surface area contributed by atoms with Gasteiger partial charge < -0.3 is 15.7 Å². The van der Waals surface area contributed by atoms with Gasteiger partial charge in [-0.05, 0) is 68.6 Å². The average molecular weight is 437 g/mol. The molecule has 1 amide bonds. The molecule has 1 saturated carbocycles. The summed E-state index contributed by atoms with van der Waals surface area (Å²) in [6, 6.07) is 8.95. The highest BCUT2D eigenvalue weighted by atomic mass is 32.1. The molecule has 3 N–H and O–H groups in total. The standard InChI is InChI=1S/C24H28N4O2S/c1-14-20-22(28-19-8-4-6-15-5-2-3-7-18(15)19)25-13-26-24(20)31-21(14)23(30)27-16-9-11-17(29)12-10-16/h2-3,5,7,13,16-17,19,29H,4,6,8-12H2,1H3,(H,27,30)(H,25,26,28)/t16?,17?,19-/m1/s1. The van der Waals surface area contributed by atoms with Gasteiger partial charge in [0, 0.05) is 6.04 Å². The predicted octanol–water partition coefficient (Wildman–Crippen LogP) is 4.52. The van der Waals surface area contributed by atoms with Gasteiger partial charge in [-0.1, -0.05) is 24.3 Å². The number of aromatic nitrogens is 2. The molecule has 1 fully saturated rings. The lowest BCUT2D eigenvalue weighted by Gasteiger charge is -2.27. The number of hydrogen-bond acceptors (Lipinski definition) is 6. The van der Waals surface area contributed by atoms with Crippen molar-refractivity contribution in [3.8, 4) is 0 Å². The largest absolute Gasteiger partial charge is 0.393 e. The Bertz CT molecular complexity index is 1100. The smallest absolute Gasteiger partial charge is 0.261 e. The van der Waals surface area contributed by atoms with Crippen LogP contribution < -0.4 is 10.6 Å². The number of aliphatic hydroxyl groups excluding tert-OH is 1. The molecule has 0 radical (unpaired) electrons. The maximum absolute atomic E-state index is 13.0. The van der Waals surface area contributed by atoms with Crippen LogP contribution in [0.4, 0.5) is 5.82 Å². The summed E-state index contributed by atoms with van der Waals surface area (Å²) in [6.07, 6.45) is 7.83. The molecule has 0 bridgehead atoms. The lowest BCUT2D eigenvalue weighted by molar-refractivity contribution is 0.0871. The second-order valence-corrected chi connectivity index (χ2v) is 9.72. The molecule has 0 aliphatic heterocycles. The fourth-order valence-electron chi connectivity index (χ4n) is 4.94. The van der Waals surface area contributed by atoms with E-state index in [1.165, 1.54) is 22.5 Å². The molecular weight excluding hydrogens is 408 g/mol. The predicted molar refractivity (Wildman–Crippen MR) is 124 cm³/mol. The van der Waals surface area contributed by atoms with E-state index in [0.29, 0.717) is 4.88 Å². The van der Waals surface area contributed by atoms with E-state index in [4.69, 9.17) is 0 Å². The van der Waals surface area contributed by atoms with Crippen molar-refractivity contribution in [2.45, 2.75) is 70.1 Å². The van der Waals surface area contributed by atoms with Gasteiger partial charge in [0.2, 0.25) is 0 Å². The topological polar surface area (TPSA) is 87.1 Å². The van der Waals surface area contributed by atoms with Crippen LogP contribution in [0.5, 0.6) is 0 Å². The fourth-order valence-corrected chi connectivity index (χ4v) is 5.99. The van der Waals surface area contributed by atoms with Crippen molar-refractivity contribution < 1.29 is 9.90 Å². The molecule has 0 unspecified atom stereocenters. The number of aliphatic hydroxyl groups is 1. The van der Waals surface area contributed by atoms with Crippen molar-refractivity contribution >= 4 is 33.3 Å². The molecule has 31 heavy (non-hydrogen) atoms. The first-order valence-corrected chi connectivity index (χ1v) is 12.0. The fraction of sp³-hybridized carbons (Fsp3) is 0.458. The number of benzene rings is 1. The van der Waals surface area contributed by atoms with Crippen LogP contribution in [0.1, 0.15) is 70.9 Å². The van der Waals surface area contributed by atoms with Gasteiger partial charge in [0.25, 0.3) is 5.91 Å². The summed E-state index contributed by atoms with van der Waals surface area (Å²) in [5.74, 6) is 0.760. The first-order valence-electron chi connectivity index (χ1n) is 11.2. The molecule has 2 heterocycles. The SMILES string of the molecule is Cc1c(C(=O)NC2CCC(O)CC2)sc2ncnc(N[C@@H]3CCCc4ccccc43)c12. The number of thiophene rings is 1. The molecule has 2 aromatic heterocycles. The molecule has 2 aliphatic carbocycles. The van der Waals surface area contributed by atoms with Crippen LogP contribution in [0.25, 0.3) is 10.2 Å². The molecule has 1 aromatic carbocycles. The third kappa shape index (κ3) is 4.04. The summed E-state index contributed by atoms with van der Waals surface area (Å²) in [6.45, 7) is 1.99. The normalized spacial score (nSPS) is 23.4. The second kappa shape index (κ2) is 8.55. The molecule has 2 aliphatic rings. The summed E-state index contributed by atoms with van der Waals surface area (Å²) in [4.78, 5) is 23.6. The molecule has 6 nitrogen and oxygen atoms in total. The van der Waals surface area contributed by atoms with Gasteiger partial charge in [0.05, 0.1) is 22.4 Å². The maximum atomic E-state index is 13.0. The Hall–Kier alpha value is -2.51.